The molecule has 0 saturated heterocycles. The number of anilines is 1. The summed E-state index contributed by atoms with van der Waals surface area (Å²) in [6, 6.07) is 8.73. The predicted molar refractivity (Wildman–Crippen MR) is 69.8 cm³/mol. The van der Waals surface area contributed by atoms with Crippen LogP contribution in [0.3, 0.4) is 0 Å². The van der Waals surface area contributed by atoms with Gasteiger partial charge in [-0.3, -0.25) is 0 Å². The minimum Gasteiger partial charge on any atom is -0.370 e. The topological polar surface area (TPSA) is 29.3 Å². The fourth-order valence-corrected chi connectivity index (χ4v) is 2.31. The monoisotopic (exact) mass is 218 g/mol. The van der Waals surface area contributed by atoms with Gasteiger partial charge in [0.2, 0.25) is 0 Å². The summed E-state index contributed by atoms with van der Waals surface area (Å²) < 4.78 is 0. The summed E-state index contributed by atoms with van der Waals surface area (Å²) in [5, 5.41) is 0. The lowest BCUT2D eigenvalue weighted by atomic mass is 9.77. The van der Waals surface area contributed by atoms with Gasteiger partial charge in [-0.1, -0.05) is 17.7 Å². The maximum Gasteiger partial charge on any atom is 0.0366 e. The standard InChI is InChI=1S/C14H22N2/c1-3-16(11-14(15)9-4-10-14)13-7-5-12(2)6-8-13/h5-8H,3-4,9-11,15H2,1-2H3. The van der Waals surface area contributed by atoms with Gasteiger partial charge in [-0.25, -0.2) is 0 Å². The lowest BCUT2D eigenvalue weighted by molar-refractivity contribution is 0.253. The first-order valence-electron chi connectivity index (χ1n) is 6.23. The molecule has 88 valence electrons. The maximum atomic E-state index is 6.30. The molecule has 0 spiro atoms. The van der Waals surface area contributed by atoms with Crippen LogP contribution in [0.2, 0.25) is 0 Å². The molecule has 0 atom stereocenters. The van der Waals surface area contributed by atoms with Gasteiger partial charge < -0.3 is 10.6 Å². The van der Waals surface area contributed by atoms with Gasteiger partial charge >= 0.3 is 0 Å². The number of hydrogen-bond donors (Lipinski definition) is 1. The van der Waals surface area contributed by atoms with Gasteiger partial charge in [-0.2, -0.15) is 0 Å². The third-order valence-electron chi connectivity index (χ3n) is 3.64. The summed E-state index contributed by atoms with van der Waals surface area (Å²) in [5.41, 5.74) is 8.98. The number of benzene rings is 1. The highest BCUT2D eigenvalue weighted by Crippen LogP contribution is 2.31. The van der Waals surface area contributed by atoms with Gasteiger partial charge in [-0.15, -0.1) is 0 Å². The van der Waals surface area contributed by atoms with E-state index in [0.717, 1.165) is 13.1 Å². The van der Waals surface area contributed by atoms with Crippen molar-refractivity contribution in [3.63, 3.8) is 0 Å². The van der Waals surface area contributed by atoms with E-state index in [2.05, 4.69) is 43.0 Å². The van der Waals surface area contributed by atoms with E-state index < -0.39 is 0 Å². The van der Waals surface area contributed by atoms with Crippen molar-refractivity contribution in [2.75, 3.05) is 18.0 Å². The zero-order valence-corrected chi connectivity index (χ0v) is 10.4. The third kappa shape index (κ3) is 2.38. The first-order chi connectivity index (χ1) is 7.63. The second kappa shape index (κ2) is 4.46. The molecule has 0 radical (unpaired) electrons. The normalized spacial score (nSPS) is 17.9. The molecule has 0 amide bonds. The third-order valence-corrected chi connectivity index (χ3v) is 3.64. The molecular formula is C14H22N2. The number of nitrogens with two attached hydrogens (primary N) is 1. The Kier molecular flexibility index (Phi) is 3.20. The van der Waals surface area contributed by atoms with Gasteiger partial charge in [0.15, 0.2) is 0 Å². The van der Waals surface area contributed by atoms with Crippen molar-refractivity contribution in [2.45, 2.75) is 38.6 Å². The largest absolute Gasteiger partial charge is 0.370 e. The van der Waals surface area contributed by atoms with Crippen LogP contribution in [-0.2, 0) is 0 Å². The van der Waals surface area contributed by atoms with Crippen LogP contribution in [0.25, 0.3) is 0 Å². The van der Waals surface area contributed by atoms with Crippen molar-refractivity contribution in [3.8, 4) is 0 Å². The Morgan fingerprint density at radius 1 is 1.25 bits per heavy atom. The molecule has 0 heterocycles. The van der Waals surface area contributed by atoms with E-state index in [0.29, 0.717) is 0 Å². The van der Waals surface area contributed by atoms with Crippen molar-refractivity contribution < 1.29 is 0 Å². The second-order valence-corrected chi connectivity index (χ2v) is 5.07. The second-order valence-electron chi connectivity index (χ2n) is 5.07. The lowest BCUT2D eigenvalue weighted by Gasteiger charge is -2.42. The fraction of sp³-hybridized carbons (Fsp3) is 0.571. The summed E-state index contributed by atoms with van der Waals surface area (Å²) in [5.74, 6) is 0. The number of hydrogen-bond acceptors (Lipinski definition) is 2. The van der Waals surface area contributed by atoms with Crippen molar-refractivity contribution in [1.29, 1.82) is 0 Å². The smallest absolute Gasteiger partial charge is 0.0366 e. The highest BCUT2D eigenvalue weighted by molar-refractivity contribution is 5.48. The van der Waals surface area contributed by atoms with E-state index in [9.17, 15) is 0 Å². The van der Waals surface area contributed by atoms with Crippen molar-refractivity contribution in [2.24, 2.45) is 5.73 Å². The van der Waals surface area contributed by atoms with Gasteiger partial charge in [0.1, 0.15) is 0 Å². The van der Waals surface area contributed by atoms with Crippen molar-refractivity contribution in [1.82, 2.24) is 0 Å². The maximum absolute atomic E-state index is 6.30. The minimum absolute atomic E-state index is 0.0703. The average molecular weight is 218 g/mol. The summed E-state index contributed by atoms with van der Waals surface area (Å²) in [4.78, 5) is 2.39. The molecule has 0 unspecified atom stereocenters. The van der Waals surface area contributed by atoms with Crippen LogP contribution in [0.1, 0.15) is 31.7 Å². The fourth-order valence-electron chi connectivity index (χ4n) is 2.31. The zero-order valence-electron chi connectivity index (χ0n) is 10.4. The first kappa shape index (κ1) is 11.5. The highest BCUT2D eigenvalue weighted by Gasteiger charge is 2.34. The van der Waals surface area contributed by atoms with Gasteiger partial charge in [-0.05, 0) is 45.2 Å². The van der Waals surface area contributed by atoms with E-state index in [4.69, 9.17) is 5.73 Å². The van der Waals surface area contributed by atoms with Crippen LogP contribution in [0.5, 0.6) is 0 Å². The van der Waals surface area contributed by atoms with Crippen LogP contribution in [0, 0.1) is 6.92 Å². The molecular weight excluding hydrogens is 196 g/mol. The molecule has 1 saturated carbocycles. The van der Waals surface area contributed by atoms with Crippen LogP contribution in [-0.4, -0.2) is 18.6 Å². The van der Waals surface area contributed by atoms with Crippen LogP contribution in [0.15, 0.2) is 24.3 Å². The molecule has 1 fully saturated rings. The van der Waals surface area contributed by atoms with E-state index in [1.54, 1.807) is 0 Å². The number of likely N-dealkylation sites (N-methyl/N-ethyl adjacent to an activating group) is 1. The van der Waals surface area contributed by atoms with Crippen LogP contribution >= 0.6 is 0 Å². The molecule has 1 aliphatic rings. The molecule has 1 aliphatic carbocycles. The molecule has 1 aromatic carbocycles. The van der Waals surface area contributed by atoms with Gasteiger partial charge in [0.05, 0.1) is 0 Å². The Bertz CT molecular complexity index is 338. The van der Waals surface area contributed by atoms with E-state index >= 15 is 0 Å². The Morgan fingerprint density at radius 2 is 1.88 bits per heavy atom. The zero-order chi connectivity index (χ0) is 11.6. The quantitative estimate of drug-likeness (QED) is 0.842. The summed E-state index contributed by atoms with van der Waals surface area (Å²) >= 11 is 0. The summed E-state index contributed by atoms with van der Waals surface area (Å²) in [7, 11) is 0. The average Bonchev–Trinajstić information content (AvgIpc) is 2.25. The lowest BCUT2D eigenvalue weighted by Crippen LogP contribution is -2.55. The van der Waals surface area contributed by atoms with Crippen LogP contribution in [0.4, 0.5) is 5.69 Å². The number of rotatable bonds is 4. The first-order valence-corrected chi connectivity index (χ1v) is 6.23. The van der Waals surface area contributed by atoms with Crippen molar-refractivity contribution in [3.05, 3.63) is 29.8 Å². The molecule has 16 heavy (non-hydrogen) atoms. The molecule has 2 N–H and O–H groups in total. The molecule has 2 nitrogen and oxygen atoms in total. The van der Waals surface area contributed by atoms with Gasteiger partial charge in [0.25, 0.3) is 0 Å². The highest BCUT2D eigenvalue weighted by atomic mass is 15.1. The molecule has 2 heteroatoms. The van der Waals surface area contributed by atoms with Gasteiger partial charge in [0, 0.05) is 24.3 Å². The Morgan fingerprint density at radius 3 is 2.31 bits per heavy atom. The van der Waals surface area contributed by atoms with Crippen LogP contribution < -0.4 is 10.6 Å². The summed E-state index contributed by atoms with van der Waals surface area (Å²) in [6.07, 6.45) is 3.65. The number of aryl methyl sites for hydroxylation is 1. The van der Waals surface area contributed by atoms with E-state index in [1.807, 2.05) is 0 Å². The SMILES string of the molecule is CCN(CC1(N)CCC1)c1ccc(C)cc1. The molecule has 0 aliphatic heterocycles. The molecule has 0 bridgehead atoms. The number of nitrogens with zero attached hydrogens (tertiary/aromatic N) is 1. The summed E-state index contributed by atoms with van der Waals surface area (Å²) in [6.45, 7) is 6.34. The molecule has 1 aromatic rings. The Hall–Kier alpha value is -1.02. The molecule has 0 aromatic heterocycles. The molecule has 2 rings (SSSR count). The Balaban J connectivity index is 2.07. The van der Waals surface area contributed by atoms with E-state index in [-0.39, 0.29) is 5.54 Å². The van der Waals surface area contributed by atoms with E-state index in [1.165, 1.54) is 30.5 Å². The Labute approximate surface area is 98.4 Å². The predicted octanol–water partition coefficient (Wildman–Crippen LogP) is 2.70. The van der Waals surface area contributed by atoms with Crippen molar-refractivity contribution >= 4 is 5.69 Å². The minimum atomic E-state index is 0.0703.